The van der Waals surface area contributed by atoms with Gasteiger partial charge in [-0.15, -0.1) is 0 Å². The van der Waals surface area contributed by atoms with Crippen LogP contribution in [0.4, 0.5) is 0 Å². The van der Waals surface area contributed by atoms with Crippen LogP contribution in [0.15, 0.2) is 12.1 Å². The molecule has 118 valence electrons. The van der Waals surface area contributed by atoms with Gasteiger partial charge in [0.1, 0.15) is 0 Å². The minimum atomic E-state index is -3.44. The minimum Gasteiger partial charge on any atom is -0.312 e. The summed E-state index contributed by atoms with van der Waals surface area (Å²) in [6.45, 7) is 2.77. The standard InChI is InChI=1S/C12H15Cl2O6P/c1-7(21(16,17-3)18-4)11-9(13)5-6-10(12(11)14)20-19-8(2)15/h5-7H,1-4H3. The molecule has 1 aromatic carbocycles. The lowest BCUT2D eigenvalue weighted by Gasteiger charge is -2.23. The summed E-state index contributed by atoms with van der Waals surface area (Å²) in [4.78, 5) is 20.0. The van der Waals surface area contributed by atoms with Gasteiger partial charge >= 0.3 is 13.6 Å². The molecule has 0 aliphatic heterocycles. The smallest absolute Gasteiger partial charge is 0.312 e. The third-order valence-corrected chi connectivity index (χ3v) is 5.69. The van der Waals surface area contributed by atoms with Gasteiger partial charge in [0.15, 0.2) is 5.75 Å². The number of carbonyl (C=O) groups excluding carboxylic acids is 1. The maximum absolute atomic E-state index is 12.4. The van der Waals surface area contributed by atoms with E-state index >= 15 is 0 Å². The molecule has 21 heavy (non-hydrogen) atoms. The molecule has 9 heteroatoms. The largest absolute Gasteiger partial charge is 0.352 e. The van der Waals surface area contributed by atoms with Crippen molar-refractivity contribution >= 4 is 36.8 Å². The van der Waals surface area contributed by atoms with Crippen molar-refractivity contribution < 1.29 is 28.2 Å². The quantitative estimate of drug-likeness (QED) is 0.427. The Morgan fingerprint density at radius 1 is 1.24 bits per heavy atom. The second kappa shape index (κ2) is 7.47. The fourth-order valence-electron chi connectivity index (χ4n) is 1.65. The summed E-state index contributed by atoms with van der Waals surface area (Å²) in [5.74, 6) is -0.577. The molecule has 0 fully saturated rings. The summed E-state index contributed by atoms with van der Waals surface area (Å²) in [5, 5.41) is 0.322. The van der Waals surface area contributed by atoms with Gasteiger partial charge in [-0.2, -0.15) is 0 Å². The van der Waals surface area contributed by atoms with Gasteiger partial charge < -0.3 is 9.05 Å². The van der Waals surface area contributed by atoms with Crippen LogP contribution >= 0.6 is 30.8 Å². The van der Waals surface area contributed by atoms with Gasteiger partial charge in [0, 0.05) is 31.7 Å². The number of hydrogen-bond acceptors (Lipinski definition) is 6. The van der Waals surface area contributed by atoms with Crippen LogP contribution in [0.2, 0.25) is 10.0 Å². The summed E-state index contributed by atoms with van der Waals surface area (Å²) < 4.78 is 22.3. The van der Waals surface area contributed by atoms with E-state index in [2.05, 4.69) is 4.89 Å². The SMILES string of the molecule is COP(=O)(OC)C(C)c1c(Cl)ccc(OOC(C)=O)c1Cl. The van der Waals surface area contributed by atoms with Crippen LogP contribution in [0.5, 0.6) is 5.75 Å². The zero-order valence-electron chi connectivity index (χ0n) is 11.9. The Balaban J connectivity index is 3.26. The van der Waals surface area contributed by atoms with E-state index < -0.39 is 19.2 Å². The van der Waals surface area contributed by atoms with Crippen LogP contribution in [0.1, 0.15) is 25.1 Å². The van der Waals surface area contributed by atoms with Crippen LogP contribution in [-0.4, -0.2) is 20.2 Å². The fraction of sp³-hybridized carbons (Fsp3) is 0.417. The molecule has 0 bridgehead atoms. The molecule has 0 heterocycles. The van der Waals surface area contributed by atoms with Gasteiger partial charge in [-0.25, -0.2) is 4.79 Å². The monoisotopic (exact) mass is 356 g/mol. The van der Waals surface area contributed by atoms with E-state index in [1.54, 1.807) is 6.92 Å². The number of halogens is 2. The Morgan fingerprint density at radius 2 is 1.81 bits per heavy atom. The van der Waals surface area contributed by atoms with Gasteiger partial charge in [0.2, 0.25) is 0 Å². The first-order valence-electron chi connectivity index (χ1n) is 5.81. The maximum Gasteiger partial charge on any atom is 0.352 e. The second-order valence-corrected chi connectivity index (χ2v) is 7.38. The number of rotatable bonds is 6. The van der Waals surface area contributed by atoms with Crippen molar-refractivity contribution in [2.24, 2.45) is 0 Å². The molecule has 1 aromatic rings. The molecule has 1 unspecified atom stereocenters. The minimum absolute atomic E-state index is 0.0607. The van der Waals surface area contributed by atoms with Crippen molar-refractivity contribution in [2.75, 3.05) is 14.2 Å². The highest BCUT2D eigenvalue weighted by Crippen LogP contribution is 2.62. The number of benzene rings is 1. The van der Waals surface area contributed by atoms with Crippen LogP contribution in [-0.2, 0) is 23.3 Å². The average Bonchev–Trinajstić information content (AvgIpc) is 2.45. The van der Waals surface area contributed by atoms with Crippen molar-refractivity contribution in [3.63, 3.8) is 0 Å². The van der Waals surface area contributed by atoms with Crippen LogP contribution in [0.25, 0.3) is 0 Å². The van der Waals surface area contributed by atoms with Crippen molar-refractivity contribution in [1.82, 2.24) is 0 Å². The van der Waals surface area contributed by atoms with Gasteiger partial charge in [-0.3, -0.25) is 14.3 Å². The fourth-order valence-corrected chi connectivity index (χ4v) is 3.90. The Hall–Kier alpha value is -0.780. The molecule has 0 N–H and O–H groups in total. The van der Waals surface area contributed by atoms with Gasteiger partial charge in [0.25, 0.3) is 0 Å². The summed E-state index contributed by atoms with van der Waals surface area (Å²) in [5.41, 5.74) is -0.427. The van der Waals surface area contributed by atoms with Crippen LogP contribution in [0, 0.1) is 0 Å². The van der Waals surface area contributed by atoms with Gasteiger partial charge in [-0.1, -0.05) is 23.2 Å². The molecular formula is C12H15Cl2O6P. The predicted octanol–water partition coefficient (Wildman–Crippen LogP) is 4.40. The summed E-state index contributed by atoms with van der Waals surface area (Å²) >= 11 is 12.3. The normalized spacial score (nSPS) is 12.9. The van der Waals surface area contributed by atoms with E-state index in [1.807, 2.05) is 0 Å². The van der Waals surface area contributed by atoms with E-state index in [0.717, 1.165) is 0 Å². The first-order chi connectivity index (χ1) is 9.76. The lowest BCUT2D eigenvalue weighted by Crippen LogP contribution is -2.06. The summed E-state index contributed by atoms with van der Waals surface area (Å²) in [6, 6.07) is 2.90. The molecule has 0 aliphatic carbocycles. The topological polar surface area (TPSA) is 71.1 Å². The zero-order valence-corrected chi connectivity index (χ0v) is 14.3. The highest BCUT2D eigenvalue weighted by atomic mass is 35.5. The molecule has 1 atom stereocenters. The van der Waals surface area contributed by atoms with E-state index in [9.17, 15) is 9.36 Å². The molecule has 1 rings (SSSR count). The van der Waals surface area contributed by atoms with E-state index in [1.165, 1.54) is 33.3 Å². The summed E-state index contributed by atoms with van der Waals surface area (Å²) in [6.07, 6.45) is 0. The van der Waals surface area contributed by atoms with Crippen molar-refractivity contribution in [3.8, 4) is 5.75 Å². The van der Waals surface area contributed by atoms with E-state index in [4.69, 9.17) is 37.1 Å². The highest BCUT2D eigenvalue weighted by molar-refractivity contribution is 7.54. The zero-order chi connectivity index (χ0) is 16.2. The Labute approximate surface area is 132 Å². The van der Waals surface area contributed by atoms with Crippen molar-refractivity contribution in [3.05, 3.63) is 27.7 Å². The molecule has 6 nitrogen and oxygen atoms in total. The second-order valence-electron chi connectivity index (χ2n) is 4.01. The molecule has 0 aliphatic rings. The third kappa shape index (κ3) is 4.11. The Morgan fingerprint density at radius 3 is 2.29 bits per heavy atom. The first kappa shape index (κ1) is 18.3. The third-order valence-electron chi connectivity index (χ3n) is 2.74. The van der Waals surface area contributed by atoms with Gasteiger partial charge in [0.05, 0.1) is 10.7 Å². The molecule has 0 aromatic heterocycles. The lowest BCUT2D eigenvalue weighted by atomic mass is 10.1. The van der Waals surface area contributed by atoms with Crippen molar-refractivity contribution in [2.45, 2.75) is 19.5 Å². The van der Waals surface area contributed by atoms with E-state index in [0.29, 0.717) is 5.56 Å². The highest BCUT2D eigenvalue weighted by Gasteiger charge is 2.35. The molecule has 0 saturated carbocycles. The lowest BCUT2D eigenvalue weighted by molar-refractivity contribution is -0.210. The molecule has 0 spiro atoms. The summed E-state index contributed by atoms with van der Waals surface area (Å²) in [7, 11) is -0.907. The van der Waals surface area contributed by atoms with Crippen molar-refractivity contribution in [1.29, 1.82) is 0 Å². The van der Waals surface area contributed by atoms with E-state index in [-0.39, 0.29) is 15.8 Å². The predicted molar refractivity (Wildman–Crippen MR) is 78.9 cm³/mol. The first-order valence-corrected chi connectivity index (χ1v) is 8.17. The Kier molecular flexibility index (Phi) is 6.50. The average molecular weight is 357 g/mol. The molecule has 0 saturated heterocycles. The molecule has 0 radical (unpaired) electrons. The van der Waals surface area contributed by atoms with Crippen LogP contribution < -0.4 is 4.89 Å². The van der Waals surface area contributed by atoms with Gasteiger partial charge in [-0.05, 0) is 19.1 Å². The molecule has 0 amide bonds. The Bertz CT molecular complexity index is 569. The number of carbonyl (C=O) groups is 1. The van der Waals surface area contributed by atoms with Crippen LogP contribution in [0.3, 0.4) is 0 Å². The maximum atomic E-state index is 12.4. The molecular weight excluding hydrogens is 342 g/mol. The number of hydrogen-bond donors (Lipinski definition) is 0.